The first-order valence-electron chi connectivity index (χ1n) is 9.03. The maximum Gasteiger partial charge on any atom is 0.307 e. The first kappa shape index (κ1) is 20.4. The van der Waals surface area contributed by atoms with E-state index in [0.717, 1.165) is 16.8 Å². The number of carbonyl (C=O) groups excluding carboxylic acids is 2. The molecular weight excluding hydrogens is 344 g/mol. The predicted octanol–water partition coefficient (Wildman–Crippen LogP) is 3.06. The van der Waals surface area contributed by atoms with Gasteiger partial charge in [-0.15, -0.1) is 0 Å². The molecule has 0 spiro atoms. The number of ether oxygens (including phenoxy) is 2. The van der Waals surface area contributed by atoms with Gasteiger partial charge in [0.05, 0.1) is 25.3 Å². The van der Waals surface area contributed by atoms with Crippen molar-refractivity contribution in [2.24, 2.45) is 0 Å². The molecular formula is C21H26N2O4. The lowest BCUT2D eigenvalue weighted by Gasteiger charge is -2.22. The maximum atomic E-state index is 12.7. The van der Waals surface area contributed by atoms with Crippen molar-refractivity contribution < 1.29 is 19.1 Å². The summed E-state index contributed by atoms with van der Waals surface area (Å²) in [6.45, 7) is 6.46. The first-order valence-corrected chi connectivity index (χ1v) is 9.03. The second-order valence-electron chi connectivity index (χ2n) is 6.25. The van der Waals surface area contributed by atoms with Gasteiger partial charge in [-0.3, -0.25) is 14.6 Å². The van der Waals surface area contributed by atoms with E-state index in [2.05, 4.69) is 4.98 Å². The highest BCUT2D eigenvalue weighted by molar-refractivity contribution is 5.78. The lowest BCUT2D eigenvalue weighted by molar-refractivity contribution is -0.144. The summed E-state index contributed by atoms with van der Waals surface area (Å²) in [5.74, 6) is 0.157. The number of hydrogen-bond acceptors (Lipinski definition) is 5. The summed E-state index contributed by atoms with van der Waals surface area (Å²) in [7, 11) is 0. The summed E-state index contributed by atoms with van der Waals surface area (Å²) >= 11 is 0. The van der Waals surface area contributed by atoms with Crippen LogP contribution in [-0.4, -0.2) is 41.5 Å². The number of esters is 1. The van der Waals surface area contributed by atoms with Gasteiger partial charge in [-0.25, -0.2) is 0 Å². The van der Waals surface area contributed by atoms with Crippen molar-refractivity contribution >= 4 is 11.9 Å². The molecule has 2 rings (SSSR count). The maximum absolute atomic E-state index is 12.7. The van der Waals surface area contributed by atoms with Crippen LogP contribution < -0.4 is 4.74 Å². The standard InChI is InChI=1S/C21H26N2O4/c1-4-26-21(25)10-12-23(14-18-7-5-6-11-22-18)20(24)15-27-19-13-16(2)8-9-17(19)3/h5-9,11,13H,4,10,12,14-15H2,1-3H3. The Morgan fingerprint density at radius 1 is 1.15 bits per heavy atom. The molecule has 0 aliphatic carbocycles. The highest BCUT2D eigenvalue weighted by Gasteiger charge is 2.17. The molecule has 1 aromatic carbocycles. The fourth-order valence-electron chi connectivity index (χ4n) is 2.53. The van der Waals surface area contributed by atoms with Crippen LogP contribution in [0.4, 0.5) is 0 Å². The molecule has 0 N–H and O–H groups in total. The van der Waals surface area contributed by atoms with E-state index in [-0.39, 0.29) is 31.4 Å². The Hall–Kier alpha value is -2.89. The molecule has 0 bridgehead atoms. The van der Waals surface area contributed by atoms with Gasteiger partial charge in [-0.2, -0.15) is 0 Å². The summed E-state index contributed by atoms with van der Waals surface area (Å²) < 4.78 is 10.7. The Morgan fingerprint density at radius 3 is 2.67 bits per heavy atom. The minimum Gasteiger partial charge on any atom is -0.483 e. The molecule has 144 valence electrons. The number of aromatic nitrogens is 1. The van der Waals surface area contributed by atoms with Gasteiger partial charge >= 0.3 is 5.97 Å². The molecule has 0 saturated heterocycles. The van der Waals surface area contributed by atoms with Crippen LogP contribution in [0.25, 0.3) is 0 Å². The van der Waals surface area contributed by atoms with Crippen molar-refractivity contribution in [2.75, 3.05) is 19.8 Å². The van der Waals surface area contributed by atoms with E-state index in [4.69, 9.17) is 9.47 Å². The molecule has 1 amide bonds. The van der Waals surface area contributed by atoms with Crippen LogP contribution in [0.1, 0.15) is 30.2 Å². The van der Waals surface area contributed by atoms with E-state index < -0.39 is 0 Å². The lowest BCUT2D eigenvalue weighted by atomic mass is 10.1. The highest BCUT2D eigenvalue weighted by atomic mass is 16.5. The molecule has 27 heavy (non-hydrogen) atoms. The number of carbonyl (C=O) groups is 2. The van der Waals surface area contributed by atoms with Gasteiger partial charge in [0, 0.05) is 12.7 Å². The lowest BCUT2D eigenvalue weighted by Crippen LogP contribution is -2.36. The third kappa shape index (κ3) is 6.73. The SMILES string of the molecule is CCOC(=O)CCN(Cc1ccccn1)C(=O)COc1cc(C)ccc1C. The molecule has 0 fully saturated rings. The molecule has 0 aliphatic heterocycles. The molecule has 0 aliphatic rings. The Morgan fingerprint density at radius 2 is 1.96 bits per heavy atom. The molecule has 0 unspecified atom stereocenters. The van der Waals surface area contributed by atoms with E-state index in [1.807, 2.05) is 50.2 Å². The number of amides is 1. The topological polar surface area (TPSA) is 68.7 Å². The predicted molar refractivity (Wildman–Crippen MR) is 102 cm³/mol. The quantitative estimate of drug-likeness (QED) is 0.635. The van der Waals surface area contributed by atoms with Gasteiger partial charge in [-0.05, 0) is 50.1 Å². The van der Waals surface area contributed by atoms with E-state index in [9.17, 15) is 9.59 Å². The molecule has 1 aromatic heterocycles. The molecule has 1 heterocycles. The van der Waals surface area contributed by atoms with Crippen molar-refractivity contribution in [1.29, 1.82) is 0 Å². The zero-order chi connectivity index (χ0) is 19.6. The monoisotopic (exact) mass is 370 g/mol. The van der Waals surface area contributed by atoms with Crippen LogP contribution in [0.5, 0.6) is 5.75 Å². The average molecular weight is 370 g/mol. The van der Waals surface area contributed by atoms with Crippen molar-refractivity contribution in [2.45, 2.75) is 33.7 Å². The second kappa shape index (κ2) is 10.3. The van der Waals surface area contributed by atoms with E-state index in [1.54, 1.807) is 18.0 Å². The van der Waals surface area contributed by atoms with Crippen LogP contribution in [0.2, 0.25) is 0 Å². The zero-order valence-corrected chi connectivity index (χ0v) is 16.1. The van der Waals surface area contributed by atoms with Crippen molar-refractivity contribution in [1.82, 2.24) is 9.88 Å². The number of hydrogen-bond donors (Lipinski definition) is 0. The molecule has 0 radical (unpaired) electrons. The summed E-state index contributed by atoms with van der Waals surface area (Å²) in [5.41, 5.74) is 2.79. The largest absolute Gasteiger partial charge is 0.483 e. The summed E-state index contributed by atoms with van der Waals surface area (Å²) in [6.07, 6.45) is 1.81. The van der Waals surface area contributed by atoms with E-state index in [1.165, 1.54) is 0 Å². The van der Waals surface area contributed by atoms with Crippen LogP contribution in [0.15, 0.2) is 42.6 Å². The number of nitrogens with zero attached hydrogens (tertiary/aromatic N) is 2. The Balaban J connectivity index is 2.02. The van der Waals surface area contributed by atoms with Gasteiger partial charge in [0.15, 0.2) is 6.61 Å². The van der Waals surface area contributed by atoms with Crippen LogP contribution in [0, 0.1) is 13.8 Å². The number of pyridine rings is 1. The fraction of sp³-hybridized carbons (Fsp3) is 0.381. The average Bonchev–Trinajstić information content (AvgIpc) is 2.66. The Kier molecular flexibility index (Phi) is 7.79. The smallest absolute Gasteiger partial charge is 0.307 e. The van der Waals surface area contributed by atoms with Crippen molar-refractivity contribution in [3.8, 4) is 5.75 Å². The first-order chi connectivity index (χ1) is 13.0. The third-order valence-corrected chi connectivity index (χ3v) is 4.02. The summed E-state index contributed by atoms with van der Waals surface area (Å²) in [6, 6.07) is 11.4. The van der Waals surface area contributed by atoms with Crippen molar-refractivity contribution in [3.05, 3.63) is 59.4 Å². The van der Waals surface area contributed by atoms with Crippen LogP contribution >= 0.6 is 0 Å². The van der Waals surface area contributed by atoms with Gasteiger partial charge in [0.2, 0.25) is 0 Å². The molecule has 0 saturated carbocycles. The number of rotatable bonds is 9. The second-order valence-corrected chi connectivity index (χ2v) is 6.25. The number of benzene rings is 1. The van der Waals surface area contributed by atoms with E-state index >= 15 is 0 Å². The third-order valence-electron chi connectivity index (χ3n) is 4.02. The van der Waals surface area contributed by atoms with Gasteiger partial charge in [0.1, 0.15) is 5.75 Å². The zero-order valence-electron chi connectivity index (χ0n) is 16.1. The molecule has 6 heteroatoms. The van der Waals surface area contributed by atoms with Crippen LogP contribution in [0.3, 0.4) is 0 Å². The van der Waals surface area contributed by atoms with Crippen molar-refractivity contribution in [3.63, 3.8) is 0 Å². The fourth-order valence-corrected chi connectivity index (χ4v) is 2.53. The molecule has 6 nitrogen and oxygen atoms in total. The number of aryl methyl sites for hydroxylation is 2. The van der Waals surface area contributed by atoms with Crippen LogP contribution in [-0.2, 0) is 20.9 Å². The minimum atomic E-state index is -0.327. The molecule has 2 aromatic rings. The Bertz CT molecular complexity index is 762. The Labute approximate surface area is 160 Å². The van der Waals surface area contributed by atoms with Gasteiger partial charge in [-0.1, -0.05) is 18.2 Å². The summed E-state index contributed by atoms with van der Waals surface area (Å²) in [4.78, 5) is 30.2. The summed E-state index contributed by atoms with van der Waals surface area (Å²) in [5, 5.41) is 0. The normalized spacial score (nSPS) is 10.3. The minimum absolute atomic E-state index is 0.0973. The highest BCUT2D eigenvalue weighted by Crippen LogP contribution is 2.19. The molecule has 0 atom stereocenters. The van der Waals surface area contributed by atoms with E-state index in [0.29, 0.717) is 18.9 Å². The van der Waals surface area contributed by atoms with Gasteiger partial charge < -0.3 is 14.4 Å². The van der Waals surface area contributed by atoms with Gasteiger partial charge in [0.25, 0.3) is 5.91 Å².